The van der Waals surface area contributed by atoms with E-state index in [2.05, 4.69) is 35.0 Å². The van der Waals surface area contributed by atoms with E-state index < -0.39 is 0 Å². The molecule has 1 saturated heterocycles. The molecule has 3 atom stereocenters. The second-order valence-corrected chi connectivity index (χ2v) is 5.52. The maximum Gasteiger partial charge on any atom is 0.0551 e. The molecule has 0 saturated carbocycles. The monoisotopic (exact) mass is 288 g/mol. The number of alkyl halides is 1. The highest BCUT2D eigenvalue weighted by atomic mass is 79.9. The molecule has 0 spiro atoms. The van der Waals surface area contributed by atoms with E-state index >= 15 is 0 Å². The highest BCUT2D eigenvalue weighted by Gasteiger charge is 2.28. The van der Waals surface area contributed by atoms with Crippen LogP contribution in [-0.4, -0.2) is 12.7 Å². The quantitative estimate of drug-likeness (QED) is 0.741. The van der Waals surface area contributed by atoms with Crippen LogP contribution in [0.15, 0.2) is 24.3 Å². The van der Waals surface area contributed by atoms with Gasteiger partial charge in [0.2, 0.25) is 0 Å². The molecule has 0 bridgehead atoms. The van der Waals surface area contributed by atoms with E-state index in [4.69, 9.17) is 16.3 Å². The molecule has 1 nitrogen and oxygen atoms in total. The number of benzene rings is 1. The molecule has 3 heteroatoms. The second-order valence-electron chi connectivity index (χ2n) is 4.09. The van der Waals surface area contributed by atoms with Gasteiger partial charge in [0.1, 0.15) is 0 Å². The molecule has 3 unspecified atom stereocenters. The van der Waals surface area contributed by atoms with Gasteiger partial charge in [-0.25, -0.2) is 0 Å². The van der Waals surface area contributed by atoms with E-state index in [-0.39, 0.29) is 0 Å². The molecular formula is C12H14BrClO. The molecule has 1 aliphatic rings. The van der Waals surface area contributed by atoms with Crippen molar-refractivity contribution in [3.8, 4) is 0 Å². The largest absolute Gasteiger partial charge is 0.378 e. The Morgan fingerprint density at radius 3 is 2.60 bits per heavy atom. The van der Waals surface area contributed by atoms with Gasteiger partial charge in [0.25, 0.3) is 0 Å². The van der Waals surface area contributed by atoms with Gasteiger partial charge >= 0.3 is 0 Å². The van der Waals surface area contributed by atoms with Gasteiger partial charge in [-0.2, -0.15) is 0 Å². The standard InChI is InChI=1S/C12H14BrClO/c1-8-6-10(7-15-8)12(13)9-2-4-11(14)5-3-9/h2-5,8,10,12H,6-7H2,1H3. The highest BCUT2D eigenvalue weighted by molar-refractivity contribution is 9.09. The first-order valence-electron chi connectivity index (χ1n) is 5.18. The Morgan fingerprint density at radius 2 is 2.07 bits per heavy atom. The van der Waals surface area contributed by atoms with Crippen molar-refractivity contribution in [3.05, 3.63) is 34.9 Å². The average Bonchev–Trinajstić information content (AvgIpc) is 2.65. The van der Waals surface area contributed by atoms with Gasteiger partial charge in [-0.3, -0.25) is 0 Å². The normalized spacial score (nSPS) is 27.9. The lowest BCUT2D eigenvalue weighted by Gasteiger charge is -2.16. The fourth-order valence-electron chi connectivity index (χ4n) is 1.97. The maximum atomic E-state index is 5.86. The van der Waals surface area contributed by atoms with Gasteiger partial charge in [-0.05, 0) is 31.0 Å². The molecule has 82 valence electrons. The summed E-state index contributed by atoms with van der Waals surface area (Å²) >= 11 is 9.60. The number of hydrogen-bond donors (Lipinski definition) is 0. The van der Waals surface area contributed by atoms with Crippen LogP contribution in [-0.2, 0) is 4.74 Å². The van der Waals surface area contributed by atoms with Crippen molar-refractivity contribution < 1.29 is 4.74 Å². The molecule has 1 aromatic carbocycles. The smallest absolute Gasteiger partial charge is 0.0551 e. The zero-order valence-electron chi connectivity index (χ0n) is 8.62. The van der Waals surface area contributed by atoms with Crippen molar-refractivity contribution in [3.63, 3.8) is 0 Å². The minimum absolute atomic E-state index is 0.375. The minimum Gasteiger partial charge on any atom is -0.378 e. The summed E-state index contributed by atoms with van der Waals surface area (Å²) in [5.41, 5.74) is 1.28. The van der Waals surface area contributed by atoms with Gasteiger partial charge < -0.3 is 4.74 Å². The van der Waals surface area contributed by atoms with Crippen LogP contribution in [0.1, 0.15) is 23.7 Å². The van der Waals surface area contributed by atoms with E-state index in [0.29, 0.717) is 16.8 Å². The van der Waals surface area contributed by atoms with Crippen molar-refractivity contribution in [2.75, 3.05) is 6.61 Å². The topological polar surface area (TPSA) is 9.23 Å². The number of ether oxygens (including phenoxy) is 1. The first kappa shape index (κ1) is 11.4. The molecule has 0 aromatic heterocycles. The van der Waals surface area contributed by atoms with Crippen LogP contribution in [0.3, 0.4) is 0 Å². The van der Waals surface area contributed by atoms with Crippen LogP contribution in [0.4, 0.5) is 0 Å². The molecule has 1 fully saturated rings. The Morgan fingerprint density at radius 1 is 1.40 bits per heavy atom. The highest BCUT2D eigenvalue weighted by Crippen LogP contribution is 2.38. The fourth-order valence-corrected chi connectivity index (χ4v) is 2.77. The molecule has 15 heavy (non-hydrogen) atoms. The molecule has 1 heterocycles. The lowest BCUT2D eigenvalue weighted by atomic mass is 9.97. The molecule has 1 aromatic rings. The van der Waals surface area contributed by atoms with E-state index in [0.717, 1.165) is 18.1 Å². The van der Waals surface area contributed by atoms with Crippen molar-refractivity contribution >= 4 is 27.5 Å². The third kappa shape index (κ3) is 2.74. The van der Waals surface area contributed by atoms with Crippen LogP contribution in [0.5, 0.6) is 0 Å². The summed E-state index contributed by atoms with van der Waals surface area (Å²) in [6, 6.07) is 8.02. The molecule has 2 rings (SSSR count). The minimum atomic E-state index is 0.375. The zero-order valence-corrected chi connectivity index (χ0v) is 11.0. The Hall–Kier alpha value is -0.0500. The van der Waals surface area contributed by atoms with Crippen LogP contribution in [0.25, 0.3) is 0 Å². The van der Waals surface area contributed by atoms with E-state index in [9.17, 15) is 0 Å². The zero-order chi connectivity index (χ0) is 10.8. The van der Waals surface area contributed by atoms with Crippen molar-refractivity contribution in [1.82, 2.24) is 0 Å². The van der Waals surface area contributed by atoms with Crippen LogP contribution >= 0.6 is 27.5 Å². The molecule has 0 aliphatic carbocycles. The van der Waals surface area contributed by atoms with E-state index in [1.54, 1.807) is 0 Å². The summed E-state index contributed by atoms with van der Waals surface area (Å²) in [5, 5.41) is 0.787. The van der Waals surface area contributed by atoms with Crippen molar-refractivity contribution in [2.24, 2.45) is 5.92 Å². The molecule has 1 aliphatic heterocycles. The van der Waals surface area contributed by atoms with Crippen LogP contribution < -0.4 is 0 Å². The van der Waals surface area contributed by atoms with Gasteiger partial charge in [-0.15, -0.1) is 0 Å². The van der Waals surface area contributed by atoms with E-state index in [1.165, 1.54) is 5.56 Å². The predicted molar refractivity (Wildman–Crippen MR) is 66.6 cm³/mol. The van der Waals surface area contributed by atoms with Crippen molar-refractivity contribution in [1.29, 1.82) is 0 Å². The lowest BCUT2D eigenvalue weighted by Crippen LogP contribution is -2.07. The molecule has 0 N–H and O–H groups in total. The van der Waals surface area contributed by atoms with Gasteiger partial charge in [0.15, 0.2) is 0 Å². The second kappa shape index (κ2) is 4.86. The third-order valence-electron chi connectivity index (χ3n) is 2.83. The maximum absolute atomic E-state index is 5.86. The number of rotatable bonds is 2. The molecular weight excluding hydrogens is 275 g/mol. The van der Waals surface area contributed by atoms with Crippen molar-refractivity contribution in [2.45, 2.75) is 24.3 Å². The Balaban J connectivity index is 2.07. The number of hydrogen-bond acceptors (Lipinski definition) is 1. The first-order valence-corrected chi connectivity index (χ1v) is 6.47. The summed E-state index contributed by atoms with van der Waals surface area (Å²) in [7, 11) is 0. The summed E-state index contributed by atoms with van der Waals surface area (Å²) in [5.74, 6) is 0.571. The van der Waals surface area contributed by atoms with Crippen LogP contribution in [0.2, 0.25) is 5.02 Å². The fraction of sp³-hybridized carbons (Fsp3) is 0.500. The van der Waals surface area contributed by atoms with Gasteiger partial charge in [-0.1, -0.05) is 39.7 Å². The first-order chi connectivity index (χ1) is 7.16. The summed E-state index contributed by atoms with van der Waals surface area (Å²) in [6.45, 7) is 2.97. The van der Waals surface area contributed by atoms with Gasteiger partial charge in [0, 0.05) is 15.8 Å². The summed E-state index contributed by atoms with van der Waals surface area (Å²) in [6.07, 6.45) is 1.51. The SMILES string of the molecule is CC1CC(C(Br)c2ccc(Cl)cc2)CO1. The summed E-state index contributed by atoms with van der Waals surface area (Å²) < 4.78 is 5.58. The van der Waals surface area contributed by atoms with Crippen LogP contribution in [0, 0.1) is 5.92 Å². The van der Waals surface area contributed by atoms with Gasteiger partial charge in [0.05, 0.1) is 12.7 Å². The Bertz CT molecular complexity index is 325. The third-order valence-corrected chi connectivity index (χ3v) is 4.36. The Labute approximate surface area is 104 Å². The molecule has 0 amide bonds. The lowest BCUT2D eigenvalue weighted by molar-refractivity contribution is 0.120. The Kier molecular flexibility index (Phi) is 3.70. The average molecular weight is 290 g/mol. The number of halogens is 2. The predicted octanol–water partition coefficient (Wildman–Crippen LogP) is 4.20. The summed E-state index contributed by atoms with van der Waals surface area (Å²) in [4.78, 5) is 0.375. The van der Waals surface area contributed by atoms with E-state index in [1.807, 2.05) is 12.1 Å². The molecule has 0 radical (unpaired) electrons.